The highest BCUT2D eigenvalue weighted by Crippen LogP contribution is 2.24. The van der Waals surface area contributed by atoms with E-state index >= 15 is 0 Å². The number of nitrogens with one attached hydrogen (secondary N) is 1. The molecule has 1 N–H and O–H groups in total. The zero-order chi connectivity index (χ0) is 11.3. The fraction of sp³-hybridized carbons (Fsp3) is 0.545. The first-order chi connectivity index (χ1) is 7.19. The van der Waals surface area contributed by atoms with E-state index in [-0.39, 0.29) is 0 Å². The van der Waals surface area contributed by atoms with Gasteiger partial charge in [0.1, 0.15) is 5.82 Å². The van der Waals surface area contributed by atoms with Crippen LogP contribution in [0.3, 0.4) is 0 Å². The van der Waals surface area contributed by atoms with E-state index in [9.17, 15) is 0 Å². The van der Waals surface area contributed by atoms with Gasteiger partial charge in [-0.05, 0) is 40.9 Å². The molecule has 3 nitrogen and oxygen atoms in total. The second kappa shape index (κ2) is 6.08. The summed E-state index contributed by atoms with van der Waals surface area (Å²) in [6.07, 6.45) is 2.82. The summed E-state index contributed by atoms with van der Waals surface area (Å²) in [6.45, 7) is 4.87. The van der Waals surface area contributed by atoms with E-state index in [2.05, 4.69) is 33.2 Å². The van der Waals surface area contributed by atoms with E-state index in [1.807, 2.05) is 19.2 Å². The van der Waals surface area contributed by atoms with Crippen molar-refractivity contribution in [3.63, 3.8) is 0 Å². The minimum Gasteiger partial charge on any atom is -0.383 e. The molecule has 0 aliphatic heterocycles. The Bertz CT molecular complexity index is 317. The zero-order valence-electron chi connectivity index (χ0n) is 9.38. The van der Waals surface area contributed by atoms with Gasteiger partial charge in [-0.15, -0.1) is 0 Å². The van der Waals surface area contributed by atoms with Gasteiger partial charge in [0.2, 0.25) is 0 Å². The molecule has 0 amide bonds. The van der Waals surface area contributed by atoms with E-state index in [4.69, 9.17) is 4.74 Å². The molecule has 1 rings (SSSR count). The van der Waals surface area contributed by atoms with Gasteiger partial charge < -0.3 is 10.1 Å². The smallest absolute Gasteiger partial charge is 0.140 e. The van der Waals surface area contributed by atoms with Crippen molar-refractivity contribution in [1.29, 1.82) is 0 Å². The van der Waals surface area contributed by atoms with E-state index in [0.717, 1.165) is 16.7 Å². The number of aryl methyl sites for hydroxylation is 1. The number of aromatic nitrogens is 1. The fourth-order valence-corrected chi connectivity index (χ4v) is 1.65. The van der Waals surface area contributed by atoms with Crippen LogP contribution in [0.5, 0.6) is 0 Å². The number of anilines is 1. The largest absolute Gasteiger partial charge is 0.383 e. The monoisotopic (exact) mass is 272 g/mol. The minimum atomic E-state index is 0.306. The van der Waals surface area contributed by atoms with E-state index in [0.29, 0.717) is 12.6 Å². The van der Waals surface area contributed by atoms with Crippen LogP contribution in [0, 0.1) is 6.92 Å². The van der Waals surface area contributed by atoms with Crippen molar-refractivity contribution in [2.75, 3.05) is 19.0 Å². The van der Waals surface area contributed by atoms with Crippen LogP contribution < -0.4 is 5.32 Å². The maximum absolute atomic E-state index is 5.13. The van der Waals surface area contributed by atoms with Crippen LogP contribution in [0.2, 0.25) is 0 Å². The van der Waals surface area contributed by atoms with Crippen molar-refractivity contribution < 1.29 is 4.74 Å². The Hall–Kier alpha value is -0.610. The van der Waals surface area contributed by atoms with Gasteiger partial charge >= 0.3 is 0 Å². The highest BCUT2D eigenvalue weighted by molar-refractivity contribution is 9.10. The van der Waals surface area contributed by atoms with Gasteiger partial charge in [0, 0.05) is 13.3 Å². The Kier molecular flexibility index (Phi) is 5.05. The summed E-state index contributed by atoms with van der Waals surface area (Å²) >= 11 is 3.52. The normalized spacial score (nSPS) is 12.5. The number of halogens is 1. The summed E-state index contributed by atoms with van der Waals surface area (Å²) < 4.78 is 6.16. The van der Waals surface area contributed by atoms with Gasteiger partial charge in [0.15, 0.2) is 0 Å². The van der Waals surface area contributed by atoms with E-state index in [1.165, 1.54) is 5.56 Å². The van der Waals surface area contributed by atoms with Gasteiger partial charge in [0.25, 0.3) is 0 Å². The lowest BCUT2D eigenvalue weighted by Gasteiger charge is -2.17. The molecule has 0 bridgehead atoms. The van der Waals surface area contributed by atoms with Crippen molar-refractivity contribution >= 4 is 21.7 Å². The van der Waals surface area contributed by atoms with Crippen molar-refractivity contribution in [3.8, 4) is 0 Å². The first-order valence-corrected chi connectivity index (χ1v) is 5.84. The quantitative estimate of drug-likeness (QED) is 0.895. The highest BCUT2D eigenvalue weighted by atomic mass is 79.9. The predicted octanol–water partition coefficient (Wildman–Crippen LogP) is 2.99. The molecule has 0 radical (unpaired) electrons. The lowest BCUT2D eigenvalue weighted by molar-refractivity contribution is 0.184. The zero-order valence-corrected chi connectivity index (χ0v) is 11.0. The first-order valence-electron chi connectivity index (χ1n) is 5.05. The summed E-state index contributed by atoms with van der Waals surface area (Å²) in [7, 11) is 1.71. The number of methoxy groups -OCH3 is 1. The van der Waals surface area contributed by atoms with Crippen molar-refractivity contribution in [2.45, 2.75) is 26.3 Å². The van der Waals surface area contributed by atoms with E-state index < -0.39 is 0 Å². The van der Waals surface area contributed by atoms with Gasteiger partial charge in [-0.3, -0.25) is 0 Å². The van der Waals surface area contributed by atoms with Gasteiger partial charge in [-0.25, -0.2) is 4.98 Å². The SMILES string of the molecule is CCC(COC)Nc1nccc(C)c1Br. The molecule has 0 spiro atoms. The van der Waals surface area contributed by atoms with Crippen LogP contribution in [0.25, 0.3) is 0 Å². The molecular formula is C11H17BrN2O. The number of ether oxygens (including phenoxy) is 1. The Morgan fingerprint density at radius 1 is 1.60 bits per heavy atom. The molecule has 0 aliphatic carbocycles. The molecule has 0 fully saturated rings. The van der Waals surface area contributed by atoms with Crippen molar-refractivity contribution in [3.05, 3.63) is 22.3 Å². The third-order valence-corrected chi connectivity index (χ3v) is 3.28. The topological polar surface area (TPSA) is 34.1 Å². The summed E-state index contributed by atoms with van der Waals surface area (Å²) in [5.41, 5.74) is 1.18. The van der Waals surface area contributed by atoms with Crippen LogP contribution in [-0.4, -0.2) is 24.7 Å². The summed E-state index contributed by atoms with van der Waals surface area (Å²) in [4.78, 5) is 4.30. The third-order valence-electron chi connectivity index (χ3n) is 2.28. The Balaban J connectivity index is 2.74. The van der Waals surface area contributed by atoms with Crippen LogP contribution >= 0.6 is 15.9 Å². The average molecular weight is 273 g/mol. The Morgan fingerprint density at radius 3 is 2.93 bits per heavy atom. The molecular weight excluding hydrogens is 256 g/mol. The predicted molar refractivity (Wildman–Crippen MR) is 66.3 cm³/mol. The first kappa shape index (κ1) is 12.5. The molecule has 4 heteroatoms. The summed E-state index contributed by atoms with van der Waals surface area (Å²) in [5, 5.41) is 3.36. The number of rotatable bonds is 5. The second-order valence-electron chi connectivity index (χ2n) is 3.50. The third kappa shape index (κ3) is 3.47. The van der Waals surface area contributed by atoms with Crippen LogP contribution in [-0.2, 0) is 4.74 Å². The molecule has 0 saturated heterocycles. The molecule has 0 aromatic carbocycles. The molecule has 1 aromatic heterocycles. The molecule has 15 heavy (non-hydrogen) atoms. The van der Waals surface area contributed by atoms with Crippen molar-refractivity contribution in [2.24, 2.45) is 0 Å². The number of pyridine rings is 1. The molecule has 1 aromatic rings. The highest BCUT2D eigenvalue weighted by Gasteiger charge is 2.09. The summed E-state index contributed by atoms with van der Waals surface area (Å²) in [5.74, 6) is 0.888. The Morgan fingerprint density at radius 2 is 2.33 bits per heavy atom. The molecule has 1 atom stereocenters. The van der Waals surface area contributed by atoms with E-state index in [1.54, 1.807) is 7.11 Å². The molecule has 0 aliphatic rings. The lowest BCUT2D eigenvalue weighted by atomic mass is 10.2. The van der Waals surface area contributed by atoms with Crippen LogP contribution in [0.15, 0.2) is 16.7 Å². The minimum absolute atomic E-state index is 0.306. The van der Waals surface area contributed by atoms with Gasteiger partial charge in [-0.2, -0.15) is 0 Å². The van der Waals surface area contributed by atoms with Crippen LogP contribution in [0.1, 0.15) is 18.9 Å². The maximum atomic E-state index is 5.13. The lowest BCUT2D eigenvalue weighted by Crippen LogP contribution is -2.24. The molecule has 1 heterocycles. The summed E-state index contributed by atoms with van der Waals surface area (Å²) in [6, 6.07) is 2.28. The number of nitrogens with zero attached hydrogens (tertiary/aromatic N) is 1. The van der Waals surface area contributed by atoms with Gasteiger partial charge in [-0.1, -0.05) is 6.92 Å². The Labute approximate surface area is 99.4 Å². The fourth-order valence-electron chi connectivity index (χ4n) is 1.30. The van der Waals surface area contributed by atoms with Crippen LogP contribution in [0.4, 0.5) is 5.82 Å². The second-order valence-corrected chi connectivity index (χ2v) is 4.29. The van der Waals surface area contributed by atoms with Gasteiger partial charge in [0.05, 0.1) is 17.1 Å². The average Bonchev–Trinajstić information content (AvgIpc) is 2.24. The number of hydrogen-bond donors (Lipinski definition) is 1. The standard InChI is InChI=1S/C11H17BrN2O/c1-4-9(7-15-3)14-11-10(12)8(2)5-6-13-11/h5-6,9H,4,7H2,1-3H3,(H,13,14). The maximum Gasteiger partial charge on any atom is 0.140 e. The number of hydrogen-bond acceptors (Lipinski definition) is 3. The molecule has 0 saturated carbocycles. The molecule has 1 unspecified atom stereocenters. The molecule has 84 valence electrons. The van der Waals surface area contributed by atoms with Crippen molar-refractivity contribution in [1.82, 2.24) is 4.98 Å².